The van der Waals surface area contributed by atoms with Crippen molar-refractivity contribution in [2.45, 2.75) is 30.4 Å². The minimum Gasteiger partial charge on any atom is -0.387 e. The number of aliphatic hydroxyl groups excluding tert-OH is 1. The molecular weight excluding hydrogens is 232 g/mol. The van der Waals surface area contributed by atoms with E-state index in [0.717, 1.165) is 11.8 Å². The van der Waals surface area contributed by atoms with Gasteiger partial charge in [0.15, 0.2) is 0 Å². The number of thioether (sulfide) groups is 1. The van der Waals surface area contributed by atoms with Gasteiger partial charge in [-0.05, 0) is 18.6 Å². The van der Waals surface area contributed by atoms with Crippen LogP contribution in [0.2, 0.25) is 0 Å². The van der Waals surface area contributed by atoms with Crippen molar-refractivity contribution in [2.24, 2.45) is 5.73 Å². The Morgan fingerprint density at radius 3 is 2.56 bits per heavy atom. The van der Waals surface area contributed by atoms with E-state index in [1.807, 2.05) is 0 Å². The second kappa shape index (κ2) is 6.18. The zero-order valence-corrected chi connectivity index (χ0v) is 9.75. The van der Waals surface area contributed by atoms with Crippen LogP contribution in [-0.2, 0) is 0 Å². The van der Waals surface area contributed by atoms with E-state index >= 15 is 0 Å². The molecule has 5 heteroatoms. The summed E-state index contributed by atoms with van der Waals surface area (Å²) in [6.45, 7) is 1.68. The molecule has 16 heavy (non-hydrogen) atoms. The highest BCUT2D eigenvalue weighted by Crippen LogP contribution is 2.29. The van der Waals surface area contributed by atoms with Crippen LogP contribution in [0.4, 0.5) is 8.78 Å². The van der Waals surface area contributed by atoms with Crippen LogP contribution in [0.15, 0.2) is 29.2 Å². The van der Waals surface area contributed by atoms with Crippen molar-refractivity contribution in [2.75, 3.05) is 5.75 Å². The van der Waals surface area contributed by atoms with Crippen molar-refractivity contribution in [3.8, 4) is 0 Å². The SMILES string of the molecule is CC(N)C(O)c1ccccc1SCC(F)F. The average molecular weight is 247 g/mol. The van der Waals surface area contributed by atoms with E-state index in [1.165, 1.54) is 0 Å². The van der Waals surface area contributed by atoms with E-state index in [9.17, 15) is 13.9 Å². The molecule has 0 amide bonds. The number of aliphatic hydroxyl groups is 1. The first kappa shape index (κ1) is 13.4. The van der Waals surface area contributed by atoms with Crippen molar-refractivity contribution in [3.63, 3.8) is 0 Å². The first-order valence-corrected chi connectivity index (χ1v) is 5.94. The van der Waals surface area contributed by atoms with Crippen molar-refractivity contribution in [3.05, 3.63) is 29.8 Å². The number of hydrogen-bond donors (Lipinski definition) is 2. The number of halogens is 2. The molecule has 0 heterocycles. The van der Waals surface area contributed by atoms with E-state index in [-0.39, 0.29) is 5.75 Å². The van der Waals surface area contributed by atoms with Crippen LogP contribution in [0.5, 0.6) is 0 Å². The summed E-state index contributed by atoms with van der Waals surface area (Å²) in [5.41, 5.74) is 6.20. The van der Waals surface area contributed by atoms with Crippen molar-refractivity contribution in [1.29, 1.82) is 0 Å². The van der Waals surface area contributed by atoms with E-state index in [2.05, 4.69) is 0 Å². The topological polar surface area (TPSA) is 46.2 Å². The molecule has 0 aliphatic rings. The average Bonchev–Trinajstić information content (AvgIpc) is 2.25. The highest BCUT2D eigenvalue weighted by atomic mass is 32.2. The lowest BCUT2D eigenvalue weighted by atomic mass is 10.0. The fourth-order valence-electron chi connectivity index (χ4n) is 1.29. The summed E-state index contributed by atoms with van der Waals surface area (Å²) >= 11 is 1.04. The minimum absolute atomic E-state index is 0.275. The highest BCUT2D eigenvalue weighted by Gasteiger charge is 2.16. The Bertz CT molecular complexity index is 334. The van der Waals surface area contributed by atoms with Gasteiger partial charge in [0.05, 0.1) is 11.9 Å². The van der Waals surface area contributed by atoms with Gasteiger partial charge in [-0.1, -0.05) is 18.2 Å². The number of nitrogens with two attached hydrogens (primary N) is 1. The summed E-state index contributed by atoms with van der Waals surface area (Å²) in [6.07, 6.45) is -3.17. The molecule has 1 aromatic rings. The van der Waals surface area contributed by atoms with Crippen LogP contribution >= 0.6 is 11.8 Å². The molecule has 0 bridgehead atoms. The van der Waals surface area contributed by atoms with Gasteiger partial charge < -0.3 is 10.8 Å². The molecule has 0 radical (unpaired) electrons. The maximum absolute atomic E-state index is 12.1. The van der Waals surface area contributed by atoms with Crippen LogP contribution in [-0.4, -0.2) is 23.3 Å². The molecule has 2 unspecified atom stereocenters. The number of benzene rings is 1. The molecule has 0 aliphatic carbocycles. The van der Waals surface area contributed by atoms with Gasteiger partial charge in [-0.3, -0.25) is 0 Å². The number of hydrogen-bond acceptors (Lipinski definition) is 3. The third-order valence-electron chi connectivity index (χ3n) is 2.10. The second-order valence-corrected chi connectivity index (χ2v) is 4.61. The van der Waals surface area contributed by atoms with Gasteiger partial charge in [0.25, 0.3) is 0 Å². The molecule has 0 spiro atoms. The van der Waals surface area contributed by atoms with Crippen LogP contribution in [0.1, 0.15) is 18.6 Å². The normalized spacial score (nSPS) is 15.1. The Balaban J connectivity index is 2.83. The Labute approximate surface area is 97.8 Å². The summed E-state index contributed by atoms with van der Waals surface area (Å²) in [5.74, 6) is -0.275. The predicted octanol–water partition coefficient (Wildman–Crippen LogP) is 2.42. The summed E-state index contributed by atoms with van der Waals surface area (Å²) in [7, 11) is 0. The minimum atomic E-state index is -2.36. The Morgan fingerprint density at radius 2 is 2.00 bits per heavy atom. The van der Waals surface area contributed by atoms with Crippen molar-refractivity contribution in [1.82, 2.24) is 0 Å². The fourth-order valence-corrected chi connectivity index (χ4v) is 2.13. The smallest absolute Gasteiger partial charge is 0.247 e. The third kappa shape index (κ3) is 3.73. The summed E-state index contributed by atoms with van der Waals surface area (Å²) < 4.78 is 24.2. The van der Waals surface area contributed by atoms with Crippen molar-refractivity contribution < 1.29 is 13.9 Å². The quantitative estimate of drug-likeness (QED) is 0.785. The zero-order valence-electron chi connectivity index (χ0n) is 8.94. The van der Waals surface area contributed by atoms with Gasteiger partial charge in [0.2, 0.25) is 6.43 Å². The molecule has 3 N–H and O–H groups in total. The molecule has 0 fully saturated rings. The standard InChI is InChI=1S/C11H15F2NOS/c1-7(14)11(15)8-4-2-3-5-9(8)16-6-10(12)13/h2-5,7,10-11,15H,6,14H2,1H3. The molecule has 0 aliphatic heterocycles. The summed E-state index contributed by atoms with van der Waals surface area (Å²) in [6, 6.07) is 6.52. The van der Waals surface area contributed by atoms with Gasteiger partial charge in [-0.2, -0.15) is 0 Å². The van der Waals surface area contributed by atoms with Crippen LogP contribution in [0, 0.1) is 0 Å². The Morgan fingerprint density at radius 1 is 1.38 bits per heavy atom. The molecule has 0 saturated carbocycles. The lowest BCUT2D eigenvalue weighted by Crippen LogP contribution is -2.24. The monoisotopic (exact) mass is 247 g/mol. The van der Waals surface area contributed by atoms with Crippen LogP contribution in [0.3, 0.4) is 0 Å². The molecule has 2 nitrogen and oxygen atoms in total. The van der Waals surface area contributed by atoms with E-state index in [4.69, 9.17) is 5.73 Å². The first-order chi connectivity index (χ1) is 7.52. The van der Waals surface area contributed by atoms with Gasteiger partial charge in [-0.15, -0.1) is 11.8 Å². The molecule has 0 saturated heterocycles. The van der Waals surface area contributed by atoms with E-state index < -0.39 is 18.6 Å². The second-order valence-electron chi connectivity index (χ2n) is 3.54. The van der Waals surface area contributed by atoms with E-state index in [0.29, 0.717) is 10.5 Å². The van der Waals surface area contributed by atoms with Crippen molar-refractivity contribution >= 4 is 11.8 Å². The maximum Gasteiger partial charge on any atom is 0.247 e. The van der Waals surface area contributed by atoms with Gasteiger partial charge >= 0.3 is 0 Å². The first-order valence-electron chi connectivity index (χ1n) is 4.96. The number of rotatable bonds is 5. The van der Waals surface area contributed by atoms with Crippen LogP contribution in [0.25, 0.3) is 0 Å². The fraction of sp³-hybridized carbons (Fsp3) is 0.455. The predicted molar refractivity (Wildman–Crippen MR) is 61.8 cm³/mol. The maximum atomic E-state index is 12.1. The van der Waals surface area contributed by atoms with E-state index in [1.54, 1.807) is 31.2 Å². The molecule has 0 aromatic heterocycles. The summed E-state index contributed by atoms with van der Waals surface area (Å²) in [4.78, 5) is 0.660. The zero-order chi connectivity index (χ0) is 12.1. The van der Waals surface area contributed by atoms with Gasteiger partial charge in [0, 0.05) is 10.9 Å². The number of alkyl halides is 2. The van der Waals surface area contributed by atoms with Gasteiger partial charge in [0.1, 0.15) is 0 Å². The Hall–Kier alpha value is -0.650. The molecule has 90 valence electrons. The van der Waals surface area contributed by atoms with Gasteiger partial charge in [-0.25, -0.2) is 8.78 Å². The lowest BCUT2D eigenvalue weighted by molar-refractivity contribution is 0.150. The third-order valence-corrected chi connectivity index (χ3v) is 3.20. The molecule has 2 atom stereocenters. The molecule has 1 rings (SSSR count). The molecular formula is C11H15F2NOS. The van der Waals surface area contributed by atoms with Crippen LogP contribution < -0.4 is 5.73 Å². The summed E-state index contributed by atoms with van der Waals surface area (Å²) in [5, 5.41) is 9.82. The largest absolute Gasteiger partial charge is 0.387 e. The molecule has 1 aromatic carbocycles. The highest BCUT2D eigenvalue weighted by molar-refractivity contribution is 7.99. The Kier molecular flexibility index (Phi) is 5.18. The lowest BCUT2D eigenvalue weighted by Gasteiger charge is -2.18.